The van der Waals surface area contributed by atoms with Crippen LogP contribution in [-0.2, 0) is 4.79 Å². The van der Waals surface area contributed by atoms with Gasteiger partial charge in [-0.25, -0.2) is 0 Å². The number of piperazine rings is 1. The lowest BCUT2D eigenvalue weighted by atomic mass is 10.1. The van der Waals surface area contributed by atoms with Gasteiger partial charge in [0.1, 0.15) is 11.0 Å². The standard InChI is InChI=1S/C20H21N5O2S/c1-14(26)15-5-7-16(8-6-15)25-11-9-24(10-12-25)13-19(27)21-17-3-2-4-18-20(17)23-28-22-18/h2-8H,9-13H2,1H3,(H,21,27). The Morgan fingerprint density at radius 2 is 1.79 bits per heavy atom. The highest BCUT2D eigenvalue weighted by atomic mass is 32.1. The lowest BCUT2D eigenvalue weighted by Crippen LogP contribution is -2.48. The fourth-order valence-corrected chi connectivity index (χ4v) is 3.92. The Kier molecular flexibility index (Phi) is 5.31. The molecular formula is C20H21N5O2S. The summed E-state index contributed by atoms with van der Waals surface area (Å²) in [5.74, 6) is 0.0336. The zero-order valence-corrected chi connectivity index (χ0v) is 16.4. The first-order valence-electron chi connectivity index (χ1n) is 9.19. The van der Waals surface area contributed by atoms with Crippen molar-refractivity contribution >= 4 is 45.8 Å². The number of carbonyl (C=O) groups excluding carboxylic acids is 2. The minimum atomic E-state index is -0.0419. The molecule has 1 amide bonds. The summed E-state index contributed by atoms with van der Waals surface area (Å²) < 4.78 is 8.45. The van der Waals surface area contributed by atoms with Crippen molar-refractivity contribution in [1.82, 2.24) is 13.6 Å². The van der Waals surface area contributed by atoms with Gasteiger partial charge < -0.3 is 10.2 Å². The molecular weight excluding hydrogens is 374 g/mol. The Balaban J connectivity index is 1.31. The molecule has 4 rings (SSSR count). The maximum atomic E-state index is 12.5. The van der Waals surface area contributed by atoms with E-state index in [2.05, 4.69) is 23.9 Å². The molecule has 0 atom stereocenters. The monoisotopic (exact) mass is 395 g/mol. The molecule has 0 spiro atoms. The average Bonchev–Trinajstić information content (AvgIpc) is 3.18. The Bertz CT molecular complexity index is 993. The van der Waals surface area contributed by atoms with Crippen LogP contribution >= 0.6 is 11.7 Å². The number of carbonyl (C=O) groups is 2. The number of anilines is 2. The molecule has 28 heavy (non-hydrogen) atoms. The van der Waals surface area contributed by atoms with Crippen molar-refractivity contribution in [2.24, 2.45) is 0 Å². The largest absolute Gasteiger partial charge is 0.369 e. The molecule has 1 N–H and O–H groups in total. The van der Waals surface area contributed by atoms with Crippen molar-refractivity contribution in [2.75, 3.05) is 42.9 Å². The number of fused-ring (bicyclic) bond motifs is 1. The first-order chi connectivity index (χ1) is 13.6. The lowest BCUT2D eigenvalue weighted by molar-refractivity contribution is -0.117. The van der Waals surface area contributed by atoms with Crippen LogP contribution in [0.5, 0.6) is 0 Å². The summed E-state index contributed by atoms with van der Waals surface area (Å²) >= 11 is 1.14. The van der Waals surface area contributed by atoms with Gasteiger partial charge in [-0.3, -0.25) is 14.5 Å². The highest BCUT2D eigenvalue weighted by molar-refractivity contribution is 7.00. The van der Waals surface area contributed by atoms with Crippen LogP contribution in [0.25, 0.3) is 11.0 Å². The fraction of sp³-hybridized carbons (Fsp3) is 0.300. The molecule has 0 bridgehead atoms. The molecule has 2 heterocycles. The maximum Gasteiger partial charge on any atom is 0.238 e. The summed E-state index contributed by atoms with van der Waals surface area (Å²) in [7, 11) is 0. The summed E-state index contributed by atoms with van der Waals surface area (Å²) in [5, 5.41) is 2.96. The van der Waals surface area contributed by atoms with Crippen LogP contribution in [0.2, 0.25) is 0 Å². The predicted molar refractivity (Wildman–Crippen MR) is 111 cm³/mol. The number of nitrogens with zero attached hydrogens (tertiary/aromatic N) is 4. The van der Waals surface area contributed by atoms with Crippen LogP contribution < -0.4 is 10.2 Å². The van der Waals surface area contributed by atoms with E-state index in [-0.39, 0.29) is 11.7 Å². The zero-order valence-electron chi connectivity index (χ0n) is 15.6. The summed E-state index contributed by atoms with van der Waals surface area (Å²) in [6.45, 7) is 5.24. The van der Waals surface area contributed by atoms with Crippen LogP contribution in [0.4, 0.5) is 11.4 Å². The number of ketones is 1. The van der Waals surface area contributed by atoms with Crippen LogP contribution in [-0.4, -0.2) is 58.1 Å². The second-order valence-corrected chi connectivity index (χ2v) is 7.38. The molecule has 3 aromatic rings. The molecule has 1 saturated heterocycles. The minimum Gasteiger partial charge on any atom is -0.369 e. The van der Waals surface area contributed by atoms with Crippen molar-refractivity contribution < 1.29 is 9.59 Å². The summed E-state index contributed by atoms with van der Waals surface area (Å²) in [4.78, 5) is 28.3. The summed E-state index contributed by atoms with van der Waals surface area (Å²) in [6.07, 6.45) is 0. The fourth-order valence-electron chi connectivity index (χ4n) is 3.37. The second-order valence-electron chi connectivity index (χ2n) is 6.85. The molecule has 0 radical (unpaired) electrons. The van der Waals surface area contributed by atoms with Gasteiger partial charge in [-0.15, -0.1) is 0 Å². The molecule has 1 fully saturated rings. The normalized spacial score (nSPS) is 15.0. The number of benzene rings is 2. The topological polar surface area (TPSA) is 78.4 Å². The average molecular weight is 395 g/mol. The Labute approximate surface area is 167 Å². The lowest BCUT2D eigenvalue weighted by Gasteiger charge is -2.35. The van der Waals surface area contributed by atoms with E-state index in [9.17, 15) is 9.59 Å². The third-order valence-electron chi connectivity index (χ3n) is 4.94. The van der Waals surface area contributed by atoms with Gasteiger partial charge in [-0.1, -0.05) is 6.07 Å². The Morgan fingerprint density at radius 3 is 2.50 bits per heavy atom. The molecule has 1 aliphatic heterocycles. The van der Waals surface area contributed by atoms with Gasteiger partial charge in [-0.05, 0) is 43.3 Å². The first-order valence-corrected chi connectivity index (χ1v) is 9.92. The maximum absolute atomic E-state index is 12.5. The van der Waals surface area contributed by atoms with Gasteiger partial charge in [0.05, 0.1) is 24.0 Å². The third-order valence-corrected chi connectivity index (χ3v) is 5.48. The molecule has 8 heteroatoms. The number of amides is 1. The van der Waals surface area contributed by atoms with Crippen LogP contribution in [0.15, 0.2) is 42.5 Å². The van der Waals surface area contributed by atoms with E-state index >= 15 is 0 Å². The highest BCUT2D eigenvalue weighted by Crippen LogP contribution is 2.21. The van der Waals surface area contributed by atoms with E-state index < -0.39 is 0 Å². The van der Waals surface area contributed by atoms with Gasteiger partial charge in [0.15, 0.2) is 5.78 Å². The van der Waals surface area contributed by atoms with E-state index in [1.807, 2.05) is 42.5 Å². The van der Waals surface area contributed by atoms with E-state index in [0.717, 1.165) is 60.2 Å². The number of rotatable bonds is 5. The molecule has 0 saturated carbocycles. The molecule has 1 aromatic heterocycles. The Hall–Kier alpha value is -2.84. The van der Waals surface area contributed by atoms with Gasteiger partial charge in [0.25, 0.3) is 0 Å². The second kappa shape index (κ2) is 8.04. The van der Waals surface area contributed by atoms with E-state index in [0.29, 0.717) is 12.2 Å². The smallest absolute Gasteiger partial charge is 0.238 e. The molecule has 1 aliphatic rings. The molecule has 0 aliphatic carbocycles. The number of Topliss-reactive ketones (excluding diaryl/α,β-unsaturated/α-hetero) is 1. The number of nitrogens with one attached hydrogen (secondary N) is 1. The quantitative estimate of drug-likeness (QED) is 0.669. The zero-order chi connectivity index (χ0) is 19.5. The SMILES string of the molecule is CC(=O)c1ccc(N2CCN(CC(=O)Nc3cccc4nsnc34)CC2)cc1. The number of aromatic nitrogens is 2. The van der Waals surface area contributed by atoms with Crippen LogP contribution in [0, 0.1) is 0 Å². The van der Waals surface area contributed by atoms with Crippen molar-refractivity contribution in [3.8, 4) is 0 Å². The van der Waals surface area contributed by atoms with Gasteiger partial charge in [0.2, 0.25) is 5.91 Å². The van der Waals surface area contributed by atoms with E-state index in [1.54, 1.807) is 6.92 Å². The Morgan fingerprint density at radius 1 is 1.04 bits per heavy atom. The van der Waals surface area contributed by atoms with Gasteiger partial charge in [0, 0.05) is 37.4 Å². The van der Waals surface area contributed by atoms with Crippen molar-refractivity contribution in [3.63, 3.8) is 0 Å². The predicted octanol–water partition coefficient (Wildman–Crippen LogP) is 2.65. The molecule has 2 aromatic carbocycles. The summed E-state index contributed by atoms with van der Waals surface area (Å²) in [6, 6.07) is 13.3. The van der Waals surface area contributed by atoms with Crippen LogP contribution in [0.3, 0.4) is 0 Å². The highest BCUT2D eigenvalue weighted by Gasteiger charge is 2.20. The molecule has 0 unspecified atom stereocenters. The summed E-state index contributed by atoms with van der Waals surface area (Å²) in [5.41, 5.74) is 4.08. The van der Waals surface area contributed by atoms with Crippen molar-refractivity contribution in [1.29, 1.82) is 0 Å². The molecule has 7 nitrogen and oxygen atoms in total. The van der Waals surface area contributed by atoms with E-state index in [4.69, 9.17) is 0 Å². The van der Waals surface area contributed by atoms with Gasteiger partial charge in [-0.2, -0.15) is 8.75 Å². The number of hydrogen-bond acceptors (Lipinski definition) is 7. The first kappa shape index (κ1) is 18.5. The van der Waals surface area contributed by atoms with Crippen molar-refractivity contribution in [2.45, 2.75) is 6.92 Å². The van der Waals surface area contributed by atoms with Crippen molar-refractivity contribution in [3.05, 3.63) is 48.0 Å². The number of hydrogen-bond donors (Lipinski definition) is 1. The van der Waals surface area contributed by atoms with Gasteiger partial charge >= 0.3 is 0 Å². The molecule has 144 valence electrons. The van der Waals surface area contributed by atoms with E-state index in [1.165, 1.54) is 0 Å². The minimum absolute atomic E-state index is 0.0419. The van der Waals surface area contributed by atoms with Crippen LogP contribution in [0.1, 0.15) is 17.3 Å². The third kappa shape index (κ3) is 4.02.